The van der Waals surface area contributed by atoms with E-state index in [0.717, 1.165) is 100 Å². The number of fused-ring (bicyclic) bond motifs is 2. The number of halogens is 2. The Morgan fingerprint density at radius 1 is 0.756 bits per heavy atom. The number of carbonyl (C=O) groups is 1. The van der Waals surface area contributed by atoms with Crippen LogP contribution in [0.1, 0.15) is 93.3 Å². The zero-order valence-electron chi connectivity index (χ0n) is 24.9. The minimum Gasteiger partial charge on any atom is -0.462 e. The van der Waals surface area contributed by atoms with Crippen LogP contribution in [0.15, 0.2) is 57.5 Å². The van der Waals surface area contributed by atoms with E-state index in [1.807, 2.05) is 18.2 Å². The summed E-state index contributed by atoms with van der Waals surface area (Å²) < 4.78 is 14.5. The lowest BCUT2D eigenvalue weighted by molar-refractivity contribution is 0.0496. The second-order valence-electron chi connectivity index (χ2n) is 10.3. The number of anilines is 2. The Hall–Kier alpha value is -2.51. The van der Waals surface area contributed by atoms with Gasteiger partial charge >= 0.3 is 5.97 Å². The van der Waals surface area contributed by atoms with Crippen LogP contribution in [-0.4, -0.2) is 38.8 Å². The summed E-state index contributed by atoms with van der Waals surface area (Å²) >= 11 is 7.72. The predicted octanol–water partition coefficient (Wildman–Crippen LogP) is 9.93. The first-order valence-corrected chi connectivity index (χ1v) is 16.6. The summed E-state index contributed by atoms with van der Waals surface area (Å²) in [4.78, 5) is 18.1. The number of hydrogen-bond acceptors (Lipinski definition) is 5. The molecule has 1 aliphatic heterocycles. The lowest BCUT2D eigenvalue weighted by Crippen LogP contribution is -2.24. The van der Waals surface area contributed by atoms with Gasteiger partial charge in [-0.2, -0.15) is 0 Å². The second-order valence-corrected chi connectivity index (χ2v) is 12.1. The van der Waals surface area contributed by atoms with Gasteiger partial charge in [0.15, 0.2) is 0 Å². The molecule has 3 aromatic rings. The number of esters is 1. The van der Waals surface area contributed by atoms with Crippen molar-refractivity contribution in [3.63, 3.8) is 0 Å². The number of benzene rings is 3. The first-order valence-electron chi connectivity index (χ1n) is 15.0. The van der Waals surface area contributed by atoms with Crippen molar-refractivity contribution in [2.45, 2.75) is 66.2 Å². The van der Waals surface area contributed by atoms with Crippen LogP contribution in [0.5, 0.6) is 11.5 Å². The molecule has 41 heavy (non-hydrogen) atoms. The molecule has 0 saturated heterocycles. The van der Waals surface area contributed by atoms with E-state index in [1.54, 1.807) is 0 Å². The molecule has 0 aliphatic carbocycles. The Labute approximate surface area is 262 Å². The van der Waals surface area contributed by atoms with Gasteiger partial charge in [0.2, 0.25) is 0 Å². The number of hydrogen-bond donors (Lipinski definition) is 0. The number of ether oxygens (including phenoxy) is 2. The second kappa shape index (κ2) is 14.6. The average molecular weight is 687 g/mol. The standard InChI is InChI=1S/C34H42Br2N2O3/c1-6-11-12-15-18-40-34(39)24-17-14-13-16-23(24)33-25-19-27(35)29(37(7-2)8-3)21-31(25)41-32-22-30(38(9-4)10-5)28(36)20-26(32)33/h13-14,16-17,19-22,33H,6-12,15,18H2,1-5H3. The monoisotopic (exact) mass is 684 g/mol. The van der Waals surface area contributed by atoms with Crippen molar-refractivity contribution >= 4 is 49.2 Å². The molecule has 0 unspecified atom stereocenters. The lowest BCUT2D eigenvalue weighted by Gasteiger charge is -2.33. The normalized spacial score (nSPS) is 12.4. The summed E-state index contributed by atoms with van der Waals surface area (Å²) in [5, 5.41) is 0. The van der Waals surface area contributed by atoms with Gasteiger partial charge in [-0.1, -0.05) is 44.4 Å². The van der Waals surface area contributed by atoms with Crippen LogP contribution in [0.4, 0.5) is 11.4 Å². The lowest BCUT2D eigenvalue weighted by atomic mass is 9.80. The maximum Gasteiger partial charge on any atom is 0.338 e. The highest BCUT2D eigenvalue weighted by atomic mass is 79.9. The van der Waals surface area contributed by atoms with Crippen molar-refractivity contribution in [1.82, 2.24) is 0 Å². The third-order valence-electron chi connectivity index (χ3n) is 7.93. The molecule has 1 aliphatic rings. The Morgan fingerprint density at radius 2 is 1.29 bits per heavy atom. The molecule has 4 rings (SSSR count). The Bertz CT molecular complexity index is 1280. The third kappa shape index (κ3) is 6.77. The number of rotatable bonds is 13. The summed E-state index contributed by atoms with van der Waals surface area (Å²) in [6.07, 6.45) is 4.25. The fraction of sp³-hybridized carbons (Fsp3) is 0.441. The molecule has 0 fully saturated rings. The van der Waals surface area contributed by atoms with Gasteiger partial charge in [0.1, 0.15) is 11.5 Å². The minimum atomic E-state index is -0.274. The maximum atomic E-state index is 13.5. The molecule has 0 atom stereocenters. The van der Waals surface area contributed by atoms with E-state index in [4.69, 9.17) is 9.47 Å². The van der Waals surface area contributed by atoms with E-state index in [1.165, 1.54) is 0 Å². The molecule has 0 bridgehead atoms. The summed E-state index contributed by atoms with van der Waals surface area (Å²) in [7, 11) is 0. The zero-order chi connectivity index (χ0) is 29.5. The number of nitrogens with zero attached hydrogens (tertiary/aromatic N) is 2. The molecule has 7 heteroatoms. The summed E-state index contributed by atoms with van der Waals surface area (Å²) in [6, 6.07) is 16.4. The molecule has 5 nitrogen and oxygen atoms in total. The van der Waals surface area contributed by atoms with E-state index in [0.29, 0.717) is 12.2 Å². The average Bonchev–Trinajstić information content (AvgIpc) is 2.98. The van der Waals surface area contributed by atoms with Crippen molar-refractivity contribution in [2.24, 2.45) is 0 Å². The molecular weight excluding hydrogens is 644 g/mol. The van der Waals surface area contributed by atoms with Gasteiger partial charge in [-0.15, -0.1) is 0 Å². The molecule has 220 valence electrons. The van der Waals surface area contributed by atoms with Crippen LogP contribution >= 0.6 is 31.9 Å². The van der Waals surface area contributed by atoms with Crippen LogP contribution in [0.25, 0.3) is 0 Å². The van der Waals surface area contributed by atoms with E-state index in [9.17, 15) is 4.79 Å². The quantitative estimate of drug-likeness (QED) is 0.104. The van der Waals surface area contributed by atoms with Crippen LogP contribution in [0.2, 0.25) is 0 Å². The van der Waals surface area contributed by atoms with E-state index < -0.39 is 0 Å². The molecule has 0 spiro atoms. The number of carbonyl (C=O) groups excluding carboxylic acids is 1. The van der Waals surface area contributed by atoms with Crippen molar-refractivity contribution in [3.8, 4) is 11.5 Å². The molecular formula is C34H42Br2N2O3. The maximum absolute atomic E-state index is 13.5. The highest BCUT2D eigenvalue weighted by Crippen LogP contribution is 2.52. The van der Waals surface area contributed by atoms with Crippen molar-refractivity contribution in [2.75, 3.05) is 42.6 Å². The molecule has 0 N–H and O–H groups in total. The summed E-state index contributed by atoms with van der Waals surface area (Å²) in [6.45, 7) is 14.8. The van der Waals surface area contributed by atoms with E-state index >= 15 is 0 Å². The van der Waals surface area contributed by atoms with Gasteiger partial charge < -0.3 is 19.3 Å². The smallest absolute Gasteiger partial charge is 0.338 e. The van der Waals surface area contributed by atoms with E-state index in [2.05, 4.69) is 107 Å². The molecule has 0 saturated carbocycles. The first kappa shape index (κ1) is 31.4. The van der Waals surface area contributed by atoms with Gasteiger partial charge in [-0.25, -0.2) is 4.79 Å². The largest absolute Gasteiger partial charge is 0.462 e. The van der Waals surface area contributed by atoms with Crippen molar-refractivity contribution in [1.29, 1.82) is 0 Å². The molecule has 3 aromatic carbocycles. The highest BCUT2D eigenvalue weighted by molar-refractivity contribution is 9.11. The zero-order valence-corrected chi connectivity index (χ0v) is 28.1. The molecule has 0 radical (unpaired) electrons. The van der Waals surface area contributed by atoms with Crippen LogP contribution < -0.4 is 14.5 Å². The van der Waals surface area contributed by atoms with E-state index in [-0.39, 0.29) is 11.9 Å². The Balaban J connectivity index is 1.86. The third-order valence-corrected chi connectivity index (χ3v) is 9.20. The fourth-order valence-corrected chi connectivity index (χ4v) is 6.91. The van der Waals surface area contributed by atoms with Gasteiger partial charge in [-0.3, -0.25) is 0 Å². The number of unbranched alkanes of at least 4 members (excludes halogenated alkanes) is 3. The summed E-state index contributed by atoms with van der Waals surface area (Å²) in [5.41, 5.74) is 5.74. The minimum absolute atomic E-state index is 0.207. The Kier molecular flexibility index (Phi) is 11.2. The van der Waals surface area contributed by atoms with Gasteiger partial charge in [0, 0.05) is 64.3 Å². The Morgan fingerprint density at radius 3 is 1.80 bits per heavy atom. The topological polar surface area (TPSA) is 42.0 Å². The fourth-order valence-electron chi connectivity index (χ4n) is 5.68. The molecule has 0 aromatic heterocycles. The van der Waals surface area contributed by atoms with Crippen LogP contribution in [0, 0.1) is 0 Å². The van der Waals surface area contributed by atoms with Crippen LogP contribution in [-0.2, 0) is 4.74 Å². The summed E-state index contributed by atoms with van der Waals surface area (Å²) in [5.74, 6) is 1.14. The SMILES string of the molecule is CCCCCCOC(=O)c1ccccc1C1c2cc(Br)c(N(CC)CC)cc2Oc2cc(N(CC)CC)c(Br)cc21. The van der Waals surface area contributed by atoms with Gasteiger partial charge in [0.05, 0.1) is 23.5 Å². The van der Waals surface area contributed by atoms with Gasteiger partial charge in [-0.05, 0) is 89.7 Å². The predicted molar refractivity (Wildman–Crippen MR) is 177 cm³/mol. The van der Waals surface area contributed by atoms with Crippen LogP contribution in [0.3, 0.4) is 0 Å². The first-order chi connectivity index (χ1) is 19.9. The van der Waals surface area contributed by atoms with Gasteiger partial charge in [0.25, 0.3) is 0 Å². The van der Waals surface area contributed by atoms with Crippen molar-refractivity contribution in [3.05, 3.63) is 79.7 Å². The van der Waals surface area contributed by atoms with Crippen molar-refractivity contribution < 1.29 is 14.3 Å². The molecule has 0 amide bonds. The molecule has 1 heterocycles. The highest BCUT2D eigenvalue weighted by Gasteiger charge is 2.34.